The zero-order chi connectivity index (χ0) is 11.8. The molecule has 1 unspecified atom stereocenters. The van der Waals surface area contributed by atoms with Crippen LogP contribution in [0.2, 0.25) is 0 Å². The van der Waals surface area contributed by atoms with E-state index in [1.54, 1.807) is 0 Å². The number of hydrogen-bond acceptors (Lipinski definition) is 4. The first-order chi connectivity index (χ1) is 7.76. The van der Waals surface area contributed by atoms with Crippen molar-refractivity contribution in [3.63, 3.8) is 0 Å². The second kappa shape index (κ2) is 7.17. The van der Waals surface area contributed by atoms with Crippen molar-refractivity contribution < 1.29 is 0 Å². The van der Waals surface area contributed by atoms with Crippen LogP contribution in [0.4, 0.5) is 5.82 Å². The zero-order valence-corrected chi connectivity index (χ0v) is 10.2. The van der Waals surface area contributed by atoms with Crippen molar-refractivity contribution in [2.45, 2.75) is 33.1 Å². The maximum atomic E-state index is 5.59. The molecule has 1 aromatic rings. The van der Waals surface area contributed by atoms with Gasteiger partial charge in [0.15, 0.2) is 0 Å². The molecule has 1 aromatic heterocycles. The standard InChI is InChI=1S/C12H22N4/c1-3-4-11(7-8-13)9-14-12-6-5-10(2)15-16-12/h5-6,11H,3-4,7-9,13H2,1-2H3,(H,14,16). The highest BCUT2D eigenvalue weighted by Gasteiger charge is 2.06. The van der Waals surface area contributed by atoms with Crippen LogP contribution in [0, 0.1) is 12.8 Å². The lowest BCUT2D eigenvalue weighted by atomic mass is 10.00. The van der Waals surface area contributed by atoms with Gasteiger partial charge in [0.2, 0.25) is 0 Å². The summed E-state index contributed by atoms with van der Waals surface area (Å²) in [6, 6.07) is 3.93. The summed E-state index contributed by atoms with van der Waals surface area (Å²) in [6.45, 7) is 5.83. The Kier molecular flexibility index (Phi) is 5.78. The summed E-state index contributed by atoms with van der Waals surface area (Å²) in [4.78, 5) is 0. The van der Waals surface area contributed by atoms with Gasteiger partial charge in [-0.1, -0.05) is 13.3 Å². The Balaban J connectivity index is 2.38. The highest BCUT2D eigenvalue weighted by Crippen LogP contribution is 2.11. The SMILES string of the molecule is CCCC(CCN)CNc1ccc(C)nn1. The van der Waals surface area contributed by atoms with Crippen LogP contribution in [0.25, 0.3) is 0 Å². The molecule has 0 saturated carbocycles. The molecule has 0 aliphatic carbocycles. The molecular formula is C12H22N4. The average molecular weight is 222 g/mol. The maximum Gasteiger partial charge on any atom is 0.148 e. The molecule has 16 heavy (non-hydrogen) atoms. The fourth-order valence-electron chi connectivity index (χ4n) is 1.73. The molecule has 1 rings (SSSR count). The van der Waals surface area contributed by atoms with Gasteiger partial charge in [-0.05, 0) is 44.4 Å². The summed E-state index contributed by atoms with van der Waals surface area (Å²) in [5, 5.41) is 11.4. The van der Waals surface area contributed by atoms with E-state index in [1.165, 1.54) is 12.8 Å². The molecule has 0 aromatic carbocycles. The third-order valence-corrected chi connectivity index (χ3v) is 2.64. The number of rotatable bonds is 7. The lowest BCUT2D eigenvalue weighted by molar-refractivity contribution is 0.472. The summed E-state index contributed by atoms with van der Waals surface area (Å²) in [6.07, 6.45) is 3.48. The Labute approximate surface area is 97.6 Å². The molecule has 90 valence electrons. The van der Waals surface area contributed by atoms with E-state index in [2.05, 4.69) is 22.4 Å². The first kappa shape index (κ1) is 12.9. The second-order valence-corrected chi connectivity index (χ2v) is 4.17. The summed E-state index contributed by atoms with van der Waals surface area (Å²) in [7, 11) is 0. The third-order valence-electron chi connectivity index (χ3n) is 2.64. The largest absolute Gasteiger partial charge is 0.368 e. The monoisotopic (exact) mass is 222 g/mol. The van der Waals surface area contributed by atoms with Crippen molar-refractivity contribution in [3.05, 3.63) is 17.8 Å². The van der Waals surface area contributed by atoms with Gasteiger partial charge < -0.3 is 11.1 Å². The number of nitrogens with one attached hydrogen (secondary N) is 1. The lowest BCUT2D eigenvalue weighted by Crippen LogP contribution is -2.18. The molecular weight excluding hydrogens is 200 g/mol. The van der Waals surface area contributed by atoms with Gasteiger partial charge >= 0.3 is 0 Å². The number of anilines is 1. The molecule has 3 N–H and O–H groups in total. The Hall–Kier alpha value is -1.16. The normalized spacial score (nSPS) is 12.4. The first-order valence-corrected chi connectivity index (χ1v) is 6.00. The van der Waals surface area contributed by atoms with E-state index in [0.717, 1.165) is 31.0 Å². The van der Waals surface area contributed by atoms with E-state index >= 15 is 0 Å². The Bertz CT molecular complexity index is 278. The molecule has 0 aliphatic rings. The van der Waals surface area contributed by atoms with E-state index in [-0.39, 0.29) is 0 Å². The molecule has 4 heteroatoms. The van der Waals surface area contributed by atoms with Crippen LogP contribution in [-0.4, -0.2) is 23.3 Å². The van der Waals surface area contributed by atoms with Crippen LogP contribution < -0.4 is 11.1 Å². The third kappa shape index (κ3) is 4.57. The number of nitrogens with two attached hydrogens (primary N) is 1. The van der Waals surface area contributed by atoms with Gasteiger partial charge in [-0.3, -0.25) is 0 Å². The molecule has 1 heterocycles. The summed E-state index contributed by atoms with van der Waals surface area (Å²) in [5.74, 6) is 1.49. The Morgan fingerprint density at radius 2 is 2.12 bits per heavy atom. The highest BCUT2D eigenvalue weighted by atomic mass is 15.2. The zero-order valence-electron chi connectivity index (χ0n) is 10.2. The molecule has 0 aliphatic heterocycles. The van der Waals surface area contributed by atoms with E-state index in [1.807, 2.05) is 19.1 Å². The van der Waals surface area contributed by atoms with Gasteiger partial charge in [0.1, 0.15) is 5.82 Å². The molecule has 1 atom stereocenters. The highest BCUT2D eigenvalue weighted by molar-refractivity contribution is 5.32. The van der Waals surface area contributed by atoms with Gasteiger partial charge in [0.05, 0.1) is 5.69 Å². The topological polar surface area (TPSA) is 63.8 Å². The van der Waals surface area contributed by atoms with Crippen molar-refractivity contribution in [1.82, 2.24) is 10.2 Å². The van der Waals surface area contributed by atoms with Crippen LogP contribution in [0.15, 0.2) is 12.1 Å². The van der Waals surface area contributed by atoms with Crippen LogP contribution in [-0.2, 0) is 0 Å². The van der Waals surface area contributed by atoms with Crippen LogP contribution >= 0.6 is 0 Å². The molecule has 4 nitrogen and oxygen atoms in total. The molecule has 0 amide bonds. The minimum Gasteiger partial charge on any atom is -0.368 e. The fourth-order valence-corrected chi connectivity index (χ4v) is 1.73. The van der Waals surface area contributed by atoms with Crippen molar-refractivity contribution in [3.8, 4) is 0 Å². The Morgan fingerprint density at radius 3 is 2.69 bits per heavy atom. The quantitative estimate of drug-likeness (QED) is 0.740. The average Bonchev–Trinajstić information content (AvgIpc) is 2.29. The molecule has 0 radical (unpaired) electrons. The lowest BCUT2D eigenvalue weighted by Gasteiger charge is -2.15. The van der Waals surface area contributed by atoms with Gasteiger partial charge in [0, 0.05) is 6.54 Å². The van der Waals surface area contributed by atoms with Crippen molar-refractivity contribution >= 4 is 5.82 Å². The smallest absolute Gasteiger partial charge is 0.148 e. The van der Waals surface area contributed by atoms with Crippen molar-refractivity contribution in [1.29, 1.82) is 0 Å². The number of nitrogens with zero attached hydrogens (tertiary/aromatic N) is 2. The molecule has 0 fully saturated rings. The molecule has 0 saturated heterocycles. The van der Waals surface area contributed by atoms with Crippen molar-refractivity contribution in [2.75, 3.05) is 18.4 Å². The summed E-state index contributed by atoms with van der Waals surface area (Å²) < 4.78 is 0. The van der Waals surface area contributed by atoms with E-state index in [9.17, 15) is 0 Å². The predicted octanol–water partition coefficient (Wildman–Crippen LogP) is 1.96. The number of aromatic nitrogens is 2. The fraction of sp³-hybridized carbons (Fsp3) is 0.667. The van der Waals surface area contributed by atoms with E-state index < -0.39 is 0 Å². The second-order valence-electron chi connectivity index (χ2n) is 4.17. The first-order valence-electron chi connectivity index (χ1n) is 6.00. The van der Waals surface area contributed by atoms with Gasteiger partial charge in [-0.25, -0.2) is 0 Å². The van der Waals surface area contributed by atoms with Gasteiger partial charge in [-0.2, -0.15) is 5.10 Å². The summed E-state index contributed by atoms with van der Waals surface area (Å²) >= 11 is 0. The summed E-state index contributed by atoms with van der Waals surface area (Å²) in [5.41, 5.74) is 6.54. The minimum absolute atomic E-state index is 0.637. The Morgan fingerprint density at radius 1 is 1.31 bits per heavy atom. The van der Waals surface area contributed by atoms with Crippen LogP contribution in [0.5, 0.6) is 0 Å². The predicted molar refractivity (Wildman–Crippen MR) is 67.3 cm³/mol. The van der Waals surface area contributed by atoms with E-state index in [4.69, 9.17) is 5.73 Å². The minimum atomic E-state index is 0.637. The van der Waals surface area contributed by atoms with Gasteiger partial charge in [0.25, 0.3) is 0 Å². The molecule has 0 spiro atoms. The van der Waals surface area contributed by atoms with Crippen molar-refractivity contribution in [2.24, 2.45) is 11.7 Å². The van der Waals surface area contributed by atoms with E-state index in [0.29, 0.717) is 5.92 Å². The maximum absolute atomic E-state index is 5.59. The number of hydrogen-bond donors (Lipinski definition) is 2. The molecule has 0 bridgehead atoms. The van der Waals surface area contributed by atoms with Crippen LogP contribution in [0.3, 0.4) is 0 Å². The van der Waals surface area contributed by atoms with Crippen LogP contribution in [0.1, 0.15) is 31.9 Å². The number of aryl methyl sites for hydroxylation is 1. The van der Waals surface area contributed by atoms with Gasteiger partial charge in [-0.15, -0.1) is 5.10 Å².